The van der Waals surface area contributed by atoms with E-state index >= 15 is 0 Å². The van der Waals surface area contributed by atoms with Gasteiger partial charge in [-0.25, -0.2) is 28.2 Å². The number of aromatic nitrogens is 4. The average molecular weight is 663 g/mol. The Morgan fingerprint density at radius 3 is 2.38 bits per heavy atom. The Morgan fingerprint density at radius 1 is 0.976 bits per heavy atom. The number of primary sulfonamides is 1. The molecular formula is C28H24BrN9O2S2. The predicted molar refractivity (Wildman–Crippen MR) is 165 cm³/mol. The number of halogens is 1. The monoisotopic (exact) mass is 661 g/mol. The lowest BCUT2D eigenvalue weighted by molar-refractivity contribution is 0.597. The van der Waals surface area contributed by atoms with Gasteiger partial charge in [0.2, 0.25) is 15.2 Å². The van der Waals surface area contributed by atoms with Gasteiger partial charge in [0.1, 0.15) is 5.69 Å². The second-order valence-electron chi connectivity index (χ2n) is 9.56. The standard InChI is InChI=1S/C28H24BrN9O2S2/c1-17-27(34-32-21-10-8-20(29)9-11-21)41-28(31-17)38-25(19-6-4-3-5-7-19)16-24(35-38)26-18(2)37(36-33-26)22-12-14-23(15-13-22)42(30,39)40/h3-15,25H,16H2,1-2H3,(H2,30,39,40). The van der Waals surface area contributed by atoms with Crippen molar-refractivity contribution < 1.29 is 8.42 Å². The van der Waals surface area contributed by atoms with E-state index in [1.165, 1.54) is 23.5 Å². The maximum absolute atomic E-state index is 11.7. The highest BCUT2D eigenvalue weighted by molar-refractivity contribution is 9.10. The number of benzene rings is 3. The fourth-order valence-electron chi connectivity index (χ4n) is 4.56. The Hall–Kier alpha value is -4.11. The second-order valence-corrected chi connectivity index (χ2v) is 13.0. The molecule has 1 aliphatic heterocycles. The highest BCUT2D eigenvalue weighted by atomic mass is 79.9. The number of nitrogens with two attached hydrogens (primary N) is 1. The van der Waals surface area contributed by atoms with Gasteiger partial charge in [-0.05, 0) is 67.9 Å². The molecule has 3 aromatic carbocycles. The van der Waals surface area contributed by atoms with Gasteiger partial charge in [0.15, 0.2) is 5.00 Å². The van der Waals surface area contributed by atoms with Crippen molar-refractivity contribution in [2.75, 3.05) is 5.01 Å². The van der Waals surface area contributed by atoms with Gasteiger partial charge in [0.25, 0.3) is 0 Å². The molecule has 0 amide bonds. The van der Waals surface area contributed by atoms with E-state index in [2.05, 4.69) is 48.6 Å². The molecule has 0 saturated carbocycles. The summed E-state index contributed by atoms with van der Waals surface area (Å²) in [7, 11) is -3.79. The third-order valence-corrected chi connectivity index (χ3v) is 9.20. The fraction of sp³-hybridized carbons (Fsp3) is 0.143. The van der Waals surface area contributed by atoms with Crippen molar-refractivity contribution in [2.45, 2.75) is 31.2 Å². The smallest absolute Gasteiger partial charge is 0.231 e. The van der Waals surface area contributed by atoms with Gasteiger partial charge < -0.3 is 0 Å². The van der Waals surface area contributed by atoms with E-state index in [0.29, 0.717) is 27.9 Å². The normalized spacial score (nSPS) is 15.5. The van der Waals surface area contributed by atoms with Crippen molar-refractivity contribution in [1.29, 1.82) is 0 Å². The quantitative estimate of drug-likeness (QED) is 0.197. The number of azo groups is 1. The molecule has 14 heteroatoms. The largest absolute Gasteiger partial charge is 0.238 e. The number of hydrogen-bond donors (Lipinski definition) is 1. The highest BCUT2D eigenvalue weighted by Crippen LogP contribution is 2.42. The van der Waals surface area contributed by atoms with Crippen LogP contribution in [0.4, 0.5) is 15.8 Å². The molecule has 2 aromatic heterocycles. The predicted octanol–water partition coefficient (Wildman–Crippen LogP) is 6.52. The molecule has 212 valence electrons. The van der Waals surface area contributed by atoms with Gasteiger partial charge in [-0.3, -0.25) is 0 Å². The lowest BCUT2D eigenvalue weighted by Gasteiger charge is -2.21. The van der Waals surface area contributed by atoms with Crippen LogP contribution in [0.5, 0.6) is 0 Å². The SMILES string of the molecule is Cc1nc(N2N=C(c3nnn(-c4ccc(S(N)(=O)=O)cc4)c3C)CC2c2ccccc2)sc1N=Nc1ccc(Br)cc1. The van der Waals surface area contributed by atoms with Crippen LogP contribution in [0, 0.1) is 13.8 Å². The fourth-order valence-corrected chi connectivity index (χ4v) is 6.23. The Bertz CT molecular complexity index is 1920. The van der Waals surface area contributed by atoms with Crippen molar-refractivity contribution >= 4 is 58.8 Å². The summed E-state index contributed by atoms with van der Waals surface area (Å²) in [5.74, 6) is 0. The summed E-state index contributed by atoms with van der Waals surface area (Å²) < 4.78 is 26.0. The van der Waals surface area contributed by atoms with Crippen LogP contribution in [0.3, 0.4) is 0 Å². The van der Waals surface area contributed by atoms with Gasteiger partial charge in [-0.1, -0.05) is 62.8 Å². The zero-order valence-electron chi connectivity index (χ0n) is 22.5. The first kappa shape index (κ1) is 28.0. The van der Waals surface area contributed by atoms with Gasteiger partial charge in [0.05, 0.1) is 39.4 Å². The Kier molecular flexibility index (Phi) is 7.53. The molecule has 0 fully saturated rings. The molecule has 0 spiro atoms. The number of hydrazone groups is 1. The van der Waals surface area contributed by atoms with Crippen LogP contribution in [-0.2, 0) is 10.0 Å². The van der Waals surface area contributed by atoms with E-state index in [0.717, 1.165) is 32.8 Å². The number of thiazole rings is 1. The van der Waals surface area contributed by atoms with E-state index < -0.39 is 10.0 Å². The maximum atomic E-state index is 11.7. The topological polar surface area (TPSA) is 144 Å². The zero-order chi connectivity index (χ0) is 29.4. The Morgan fingerprint density at radius 2 is 1.69 bits per heavy atom. The zero-order valence-corrected chi connectivity index (χ0v) is 25.7. The molecule has 0 aliphatic carbocycles. The molecule has 0 bridgehead atoms. The minimum atomic E-state index is -3.79. The first-order valence-corrected chi connectivity index (χ1v) is 16.0. The van der Waals surface area contributed by atoms with Crippen molar-refractivity contribution in [2.24, 2.45) is 20.5 Å². The first-order valence-electron chi connectivity index (χ1n) is 12.8. The van der Waals surface area contributed by atoms with Crippen molar-refractivity contribution in [3.05, 3.63) is 106 Å². The van der Waals surface area contributed by atoms with Crippen LogP contribution < -0.4 is 10.1 Å². The molecule has 11 nitrogen and oxygen atoms in total. The van der Waals surface area contributed by atoms with Crippen LogP contribution in [-0.4, -0.2) is 34.1 Å². The van der Waals surface area contributed by atoms with E-state index in [-0.39, 0.29) is 10.9 Å². The number of aryl methyl sites for hydroxylation is 1. The summed E-state index contributed by atoms with van der Waals surface area (Å²) in [6.07, 6.45) is 0.586. The highest BCUT2D eigenvalue weighted by Gasteiger charge is 2.34. The first-order chi connectivity index (χ1) is 20.2. The van der Waals surface area contributed by atoms with Gasteiger partial charge >= 0.3 is 0 Å². The summed E-state index contributed by atoms with van der Waals surface area (Å²) in [4.78, 5) is 4.83. The Balaban J connectivity index is 1.34. The van der Waals surface area contributed by atoms with E-state index in [1.807, 2.05) is 61.3 Å². The number of anilines is 1. The van der Waals surface area contributed by atoms with E-state index in [1.54, 1.807) is 16.8 Å². The number of rotatable bonds is 7. The van der Waals surface area contributed by atoms with Crippen LogP contribution in [0.2, 0.25) is 0 Å². The van der Waals surface area contributed by atoms with Crippen molar-refractivity contribution in [3.63, 3.8) is 0 Å². The average Bonchev–Trinajstić information content (AvgIpc) is 3.69. The molecule has 1 aliphatic rings. The molecule has 0 radical (unpaired) electrons. The molecule has 6 rings (SSSR count). The van der Waals surface area contributed by atoms with Crippen LogP contribution in [0.25, 0.3) is 5.69 Å². The minimum Gasteiger partial charge on any atom is -0.231 e. The Labute approximate surface area is 254 Å². The van der Waals surface area contributed by atoms with Crippen molar-refractivity contribution in [1.82, 2.24) is 20.0 Å². The van der Waals surface area contributed by atoms with Gasteiger partial charge in [-0.15, -0.1) is 15.3 Å². The van der Waals surface area contributed by atoms with Crippen LogP contribution in [0.1, 0.15) is 35.1 Å². The molecule has 0 saturated heterocycles. The third-order valence-electron chi connectivity index (χ3n) is 6.71. The lowest BCUT2D eigenvalue weighted by Crippen LogP contribution is -2.18. The van der Waals surface area contributed by atoms with Crippen LogP contribution in [0.15, 0.2) is 104 Å². The lowest BCUT2D eigenvalue weighted by atomic mass is 10.0. The molecule has 1 atom stereocenters. The summed E-state index contributed by atoms with van der Waals surface area (Å²) in [5, 5.41) is 31.2. The van der Waals surface area contributed by atoms with Gasteiger partial charge in [0, 0.05) is 10.9 Å². The maximum Gasteiger partial charge on any atom is 0.238 e. The van der Waals surface area contributed by atoms with Gasteiger partial charge in [-0.2, -0.15) is 5.10 Å². The molecule has 42 heavy (non-hydrogen) atoms. The van der Waals surface area contributed by atoms with Crippen molar-refractivity contribution in [3.8, 4) is 5.69 Å². The van der Waals surface area contributed by atoms with Crippen LogP contribution >= 0.6 is 27.3 Å². The summed E-state index contributed by atoms with van der Waals surface area (Å²) >= 11 is 4.86. The minimum absolute atomic E-state index is 0.0280. The van der Waals surface area contributed by atoms with E-state index in [9.17, 15) is 8.42 Å². The third kappa shape index (κ3) is 5.66. The molecule has 3 heterocycles. The molecule has 2 N–H and O–H groups in total. The van der Waals surface area contributed by atoms with E-state index in [4.69, 9.17) is 15.2 Å². The number of sulfonamides is 1. The number of nitrogens with zero attached hydrogens (tertiary/aromatic N) is 8. The second kappa shape index (κ2) is 11.3. The molecule has 1 unspecified atom stereocenters. The summed E-state index contributed by atoms with van der Waals surface area (Å²) in [6, 6.07) is 23.8. The molecule has 5 aromatic rings. The summed E-state index contributed by atoms with van der Waals surface area (Å²) in [5.41, 5.74) is 5.43. The number of hydrogen-bond acceptors (Lipinski definition) is 10. The summed E-state index contributed by atoms with van der Waals surface area (Å²) in [6.45, 7) is 3.81. The molecular weight excluding hydrogens is 638 g/mol.